The number of carbonyl (C=O) groups is 1. The fraction of sp³-hybridized carbons (Fsp3) is 0.846. The molecule has 2 N–H and O–H groups in total. The monoisotopic (exact) mass is 288 g/mol. The molecule has 0 unspecified atom stereocenters. The highest BCUT2D eigenvalue weighted by molar-refractivity contribution is 6.77. The topological polar surface area (TPSA) is 70.9 Å². The summed E-state index contributed by atoms with van der Waals surface area (Å²) in [5.74, 6) is -1.05. The van der Waals surface area contributed by atoms with Crippen LogP contribution in [-0.2, 0) is 9.22 Å². The van der Waals surface area contributed by atoms with Gasteiger partial charge in [0, 0.05) is 0 Å². The van der Waals surface area contributed by atoms with Crippen LogP contribution in [-0.4, -0.2) is 38.8 Å². The van der Waals surface area contributed by atoms with Crippen molar-refractivity contribution in [3.63, 3.8) is 0 Å². The van der Waals surface area contributed by atoms with Crippen molar-refractivity contribution in [3.05, 3.63) is 0 Å². The van der Waals surface area contributed by atoms with E-state index in [-0.39, 0.29) is 0 Å². The van der Waals surface area contributed by atoms with Crippen molar-refractivity contribution in [2.75, 3.05) is 13.2 Å². The van der Waals surface area contributed by atoms with Gasteiger partial charge in [0.1, 0.15) is 6.21 Å². The molecule has 0 fully saturated rings. The van der Waals surface area contributed by atoms with Crippen LogP contribution >= 0.6 is 0 Å². The summed E-state index contributed by atoms with van der Waals surface area (Å²) >= 11 is 0. The molecule has 0 radical (unpaired) electrons. The van der Waals surface area contributed by atoms with Crippen molar-refractivity contribution in [2.45, 2.75) is 58.2 Å². The first-order chi connectivity index (χ1) is 8.75. The third kappa shape index (κ3) is 5.32. The molecule has 0 aromatic carbocycles. The molecule has 0 aliphatic carbocycles. The Kier molecular flexibility index (Phi) is 7.93. The van der Waals surface area contributed by atoms with E-state index < -0.39 is 14.3 Å². The molecule has 0 aromatic rings. The number of hydrogen-bond acceptors (Lipinski definition) is 4. The van der Waals surface area contributed by atoms with E-state index >= 15 is 0 Å². The van der Waals surface area contributed by atoms with E-state index in [1.165, 1.54) is 0 Å². The van der Waals surface area contributed by atoms with Crippen LogP contribution in [0.25, 0.3) is 0 Å². The summed E-state index contributed by atoms with van der Waals surface area (Å²) in [7, 11) is -1.82. The highest BCUT2D eigenvalue weighted by atomic mass is 28.4. The van der Waals surface area contributed by atoms with Crippen LogP contribution in [0.4, 0.5) is 0 Å². The Labute approximate surface area is 117 Å². The largest absolute Gasteiger partial charge is 0.477 e. The van der Waals surface area contributed by atoms with Crippen molar-refractivity contribution in [1.29, 1.82) is 0 Å². The maximum Gasteiger partial charge on any atom is 0.348 e. The van der Waals surface area contributed by atoms with Crippen molar-refractivity contribution < 1.29 is 14.3 Å². The zero-order chi connectivity index (χ0) is 15.1. The predicted molar refractivity (Wildman–Crippen MR) is 81.1 cm³/mol. The molecule has 19 heavy (non-hydrogen) atoms. The second kappa shape index (κ2) is 8.32. The second-order valence-electron chi connectivity index (χ2n) is 5.67. The number of rotatable bonds is 9. The average molecular weight is 288 g/mol. The maximum absolute atomic E-state index is 10.2. The van der Waals surface area contributed by atoms with E-state index in [1.807, 2.05) is 0 Å². The number of carboxylic acids is 1. The van der Waals surface area contributed by atoms with Gasteiger partial charge in [0.15, 0.2) is 8.32 Å². The van der Waals surface area contributed by atoms with Crippen molar-refractivity contribution in [1.82, 2.24) is 5.43 Å². The number of carboxylic acid groups (broad SMARTS) is 1. The predicted octanol–water partition coefficient (Wildman–Crippen LogP) is 2.84. The zero-order valence-electron chi connectivity index (χ0n) is 12.9. The van der Waals surface area contributed by atoms with Gasteiger partial charge < -0.3 is 15.0 Å². The molecular formula is C13H28N2O3Si. The fourth-order valence-corrected chi connectivity index (χ4v) is 8.39. The minimum atomic E-state index is -1.82. The first-order valence-corrected chi connectivity index (χ1v) is 9.01. The van der Waals surface area contributed by atoms with E-state index in [9.17, 15) is 4.79 Å². The fourth-order valence-electron chi connectivity index (χ4n) is 2.94. The first-order valence-electron chi connectivity index (χ1n) is 6.87. The van der Waals surface area contributed by atoms with Gasteiger partial charge >= 0.3 is 5.97 Å². The molecule has 0 bridgehead atoms. The summed E-state index contributed by atoms with van der Waals surface area (Å²) in [5.41, 5.74) is 4.34. The molecule has 0 aliphatic rings. The number of nitrogens with zero attached hydrogens (tertiary/aromatic N) is 1. The zero-order valence-corrected chi connectivity index (χ0v) is 13.9. The number of aliphatic carboxylic acids is 1. The van der Waals surface area contributed by atoms with Crippen LogP contribution in [0.5, 0.6) is 0 Å². The molecule has 0 spiro atoms. The van der Waals surface area contributed by atoms with Crippen LogP contribution in [0.1, 0.15) is 41.5 Å². The lowest BCUT2D eigenvalue weighted by molar-refractivity contribution is -0.128. The smallest absolute Gasteiger partial charge is 0.348 e. The molecule has 0 amide bonds. The Morgan fingerprint density at radius 3 is 2.05 bits per heavy atom. The Bertz CT molecular complexity index is 282. The summed E-state index contributed by atoms with van der Waals surface area (Å²) in [6.07, 6.45) is 0.845. The minimum Gasteiger partial charge on any atom is -0.477 e. The molecule has 5 nitrogen and oxygen atoms in total. The third-order valence-corrected chi connectivity index (χ3v) is 9.66. The van der Waals surface area contributed by atoms with Gasteiger partial charge in [0.2, 0.25) is 0 Å². The van der Waals surface area contributed by atoms with Crippen molar-refractivity contribution in [3.8, 4) is 0 Å². The molecule has 0 aliphatic heterocycles. The highest BCUT2D eigenvalue weighted by Crippen LogP contribution is 2.41. The quantitative estimate of drug-likeness (QED) is 0.296. The van der Waals surface area contributed by atoms with E-state index in [2.05, 4.69) is 52.1 Å². The first kappa shape index (κ1) is 18.1. The number of hydrogen-bond donors (Lipinski definition) is 2. The lowest BCUT2D eigenvalue weighted by Gasteiger charge is -2.42. The summed E-state index contributed by atoms with van der Waals surface area (Å²) in [6.45, 7) is 14.5. The van der Waals surface area contributed by atoms with Gasteiger partial charge in [-0.1, -0.05) is 41.5 Å². The van der Waals surface area contributed by atoms with Gasteiger partial charge in [-0.15, -0.1) is 0 Å². The van der Waals surface area contributed by atoms with Gasteiger partial charge in [-0.05, 0) is 16.6 Å². The van der Waals surface area contributed by atoms with E-state index in [1.54, 1.807) is 0 Å². The molecule has 0 atom stereocenters. The maximum atomic E-state index is 10.2. The SMILES string of the molecule is CC(C)[Si](OCCNN=CC(=O)O)(C(C)C)C(C)C. The normalized spacial score (nSPS) is 12.9. The lowest BCUT2D eigenvalue weighted by Crippen LogP contribution is -2.48. The molecule has 112 valence electrons. The summed E-state index contributed by atoms with van der Waals surface area (Å²) in [5, 5.41) is 12.0. The van der Waals surface area contributed by atoms with Crippen LogP contribution < -0.4 is 5.43 Å². The van der Waals surface area contributed by atoms with Crippen LogP contribution in [0.3, 0.4) is 0 Å². The van der Waals surface area contributed by atoms with E-state index in [4.69, 9.17) is 9.53 Å². The van der Waals surface area contributed by atoms with Gasteiger partial charge in [-0.3, -0.25) is 0 Å². The number of hydrazone groups is 1. The van der Waals surface area contributed by atoms with Crippen LogP contribution in [0, 0.1) is 0 Å². The van der Waals surface area contributed by atoms with E-state index in [0.717, 1.165) is 6.21 Å². The van der Waals surface area contributed by atoms with Gasteiger partial charge in [0.05, 0.1) is 13.2 Å². The van der Waals surface area contributed by atoms with Crippen LogP contribution in [0.15, 0.2) is 5.10 Å². The van der Waals surface area contributed by atoms with Gasteiger partial charge in [0.25, 0.3) is 0 Å². The summed E-state index contributed by atoms with van der Waals surface area (Å²) in [4.78, 5) is 10.2. The Balaban J connectivity index is 4.40. The third-order valence-electron chi connectivity index (χ3n) is 3.54. The molecule has 0 heterocycles. The Morgan fingerprint density at radius 2 is 1.68 bits per heavy atom. The summed E-state index contributed by atoms with van der Waals surface area (Å²) < 4.78 is 6.28. The molecule has 6 heteroatoms. The minimum absolute atomic E-state index is 0.532. The van der Waals surface area contributed by atoms with Crippen molar-refractivity contribution in [2.24, 2.45) is 5.10 Å². The average Bonchev–Trinajstić information content (AvgIpc) is 2.26. The Morgan fingerprint density at radius 1 is 1.21 bits per heavy atom. The van der Waals surface area contributed by atoms with Crippen molar-refractivity contribution >= 4 is 20.5 Å². The standard InChI is InChI=1S/C13H28N2O3Si/c1-10(2)19(11(3)4,12(5)6)18-8-7-14-15-9-13(16)17/h9-12,14H,7-8H2,1-6H3,(H,16,17). The lowest BCUT2D eigenvalue weighted by atomic mass is 10.5. The summed E-state index contributed by atoms with van der Waals surface area (Å²) in [6, 6.07) is 0. The molecule has 0 rings (SSSR count). The molecule has 0 saturated heterocycles. The molecule has 0 aromatic heterocycles. The number of nitrogens with one attached hydrogen (secondary N) is 1. The van der Waals surface area contributed by atoms with Crippen LogP contribution in [0.2, 0.25) is 16.6 Å². The second-order valence-corrected chi connectivity index (χ2v) is 11.1. The van der Waals surface area contributed by atoms with E-state index in [0.29, 0.717) is 29.8 Å². The molecular weight excluding hydrogens is 260 g/mol. The highest BCUT2D eigenvalue weighted by Gasteiger charge is 2.44. The van der Waals surface area contributed by atoms with Gasteiger partial charge in [-0.25, -0.2) is 4.79 Å². The molecule has 0 saturated carbocycles. The van der Waals surface area contributed by atoms with Gasteiger partial charge in [-0.2, -0.15) is 5.10 Å². The Hall–Kier alpha value is -0.883.